The molecule has 0 heterocycles. The standard InChI is InChI=1S/C54H108O11/c1-3-5-7-9-11-13-15-17-19-21-23-25-27-29-31-33-35-56-36-37-57-38-39-58-40-41-59-42-43-60-44-45-61-46-47-62-48-49-63-50-51-64-52-53-65-54(55)34-32-30-28-26-24-22-20-18-16-14-12-10-8-6-4-2/h3-53H2,1-2H3. The second kappa shape index (κ2) is 61.1. The molecular weight excluding hydrogens is 825 g/mol. The van der Waals surface area contributed by atoms with Crippen LogP contribution in [-0.4, -0.2) is 132 Å². The van der Waals surface area contributed by atoms with Crippen molar-refractivity contribution in [3.63, 3.8) is 0 Å². The van der Waals surface area contributed by atoms with E-state index < -0.39 is 0 Å². The number of ether oxygens (including phenoxy) is 10. The number of carbonyl (C=O) groups excluding carboxylic acids is 1. The molecule has 0 atom stereocenters. The Kier molecular flexibility index (Phi) is 60.3. The molecule has 0 rings (SSSR count). The maximum absolute atomic E-state index is 11.9. The van der Waals surface area contributed by atoms with Crippen LogP contribution < -0.4 is 0 Å². The van der Waals surface area contributed by atoms with Gasteiger partial charge in [0.2, 0.25) is 0 Å². The fourth-order valence-electron chi connectivity index (χ4n) is 7.54. The van der Waals surface area contributed by atoms with E-state index in [4.69, 9.17) is 47.4 Å². The van der Waals surface area contributed by atoms with Crippen LogP contribution in [0.2, 0.25) is 0 Å². The molecule has 0 bridgehead atoms. The first-order valence-electron chi connectivity index (χ1n) is 27.7. The zero-order valence-electron chi connectivity index (χ0n) is 43.1. The summed E-state index contributed by atoms with van der Waals surface area (Å²) in [7, 11) is 0. The van der Waals surface area contributed by atoms with E-state index in [-0.39, 0.29) is 5.97 Å². The Labute approximate surface area is 401 Å². The SMILES string of the molecule is CCCCCCCCCCCCCCCCCCOCCOCCOCCOCCOCCOCCOCCOCCOCCOC(=O)CCCCCCCCCCCCCCCCC. The highest BCUT2D eigenvalue weighted by Crippen LogP contribution is 2.15. The minimum absolute atomic E-state index is 0.125. The van der Waals surface area contributed by atoms with Gasteiger partial charge < -0.3 is 47.4 Å². The second-order valence-corrected chi connectivity index (χ2v) is 17.7. The van der Waals surface area contributed by atoms with Crippen LogP contribution in [0.15, 0.2) is 0 Å². The molecule has 0 aliphatic heterocycles. The first kappa shape index (κ1) is 64.1. The molecule has 0 amide bonds. The van der Waals surface area contributed by atoms with Gasteiger partial charge in [-0.2, -0.15) is 0 Å². The highest BCUT2D eigenvalue weighted by atomic mass is 16.6. The van der Waals surface area contributed by atoms with Gasteiger partial charge in [-0.25, -0.2) is 0 Å². The molecule has 0 spiro atoms. The van der Waals surface area contributed by atoms with E-state index in [1.807, 2.05) is 0 Å². The Balaban J connectivity index is 3.12. The number of rotatable bonds is 60. The smallest absolute Gasteiger partial charge is 0.305 e. The molecule has 390 valence electrons. The Hall–Kier alpha value is -0.890. The van der Waals surface area contributed by atoms with Crippen molar-refractivity contribution in [1.82, 2.24) is 0 Å². The summed E-state index contributed by atoms with van der Waals surface area (Å²) in [6, 6.07) is 0. The van der Waals surface area contributed by atoms with Crippen molar-refractivity contribution in [3.8, 4) is 0 Å². The van der Waals surface area contributed by atoms with Gasteiger partial charge in [0.25, 0.3) is 0 Å². The lowest BCUT2D eigenvalue weighted by Crippen LogP contribution is -2.15. The quantitative estimate of drug-likeness (QED) is 0.0429. The molecule has 0 aliphatic carbocycles. The Bertz CT molecular complexity index is 851. The van der Waals surface area contributed by atoms with E-state index in [9.17, 15) is 4.79 Å². The average Bonchev–Trinajstić information content (AvgIpc) is 3.31. The molecule has 0 aliphatic rings. The zero-order valence-corrected chi connectivity index (χ0v) is 43.1. The highest BCUT2D eigenvalue weighted by molar-refractivity contribution is 5.69. The van der Waals surface area contributed by atoms with Crippen molar-refractivity contribution in [1.29, 1.82) is 0 Å². The normalized spacial score (nSPS) is 11.6. The Morgan fingerprint density at radius 2 is 0.400 bits per heavy atom. The number of hydrogen-bond donors (Lipinski definition) is 0. The van der Waals surface area contributed by atoms with Gasteiger partial charge in [0.1, 0.15) is 6.61 Å². The van der Waals surface area contributed by atoms with E-state index in [1.165, 1.54) is 180 Å². The summed E-state index contributed by atoms with van der Waals surface area (Å²) in [6.45, 7) is 14.6. The molecule has 0 saturated carbocycles. The summed E-state index contributed by atoms with van der Waals surface area (Å²) in [6.07, 6.45) is 42.4. The predicted octanol–water partition coefficient (Wildman–Crippen LogP) is 13.2. The Morgan fingerprint density at radius 3 is 0.646 bits per heavy atom. The lowest BCUT2D eigenvalue weighted by molar-refractivity contribution is -0.145. The summed E-state index contributed by atoms with van der Waals surface area (Å²) in [5.74, 6) is -0.125. The molecule has 0 saturated heterocycles. The summed E-state index contributed by atoms with van der Waals surface area (Å²) in [4.78, 5) is 11.9. The third-order valence-corrected chi connectivity index (χ3v) is 11.6. The topological polar surface area (TPSA) is 109 Å². The maximum atomic E-state index is 11.9. The number of carbonyl (C=O) groups is 1. The number of hydrogen-bond acceptors (Lipinski definition) is 11. The van der Waals surface area contributed by atoms with Crippen LogP contribution in [0.25, 0.3) is 0 Å². The molecule has 0 N–H and O–H groups in total. The molecule has 0 fully saturated rings. The van der Waals surface area contributed by atoms with Crippen LogP contribution in [0.1, 0.15) is 219 Å². The number of esters is 1. The Morgan fingerprint density at radius 1 is 0.215 bits per heavy atom. The van der Waals surface area contributed by atoms with Crippen molar-refractivity contribution in [2.75, 3.05) is 126 Å². The third-order valence-electron chi connectivity index (χ3n) is 11.6. The van der Waals surface area contributed by atoms with Crippen molar-refractivity contribution < 1.29 is 52.2 Å². The lowest BCUT2D eigenvalue weighted by atomic mass is 10.0. The van der Waals surface area contributed by atoms with Gasteiger partial charge in [-0.05, 0) is 12.8 Å². The molecule has 0 aromatic carbocycles. The van der Waals surface area contributed by atoms with E-state index in [2.05, 4.69) is 13.8 Å². The fourth-order valence-corrected chi connectivity index (χ4v) is 7.54. The molecule has 0 aromatic heterocycles. The van der Waals surface area contributed by atoms with Crippen LogP contribution in [0.3, 0.4) is 0 Å². The molecule has 0 unspecified atom stereocenters. The zero-order chi connectivity index (χ0) is 46.7. The van der Waals surface area contributed by atoms with Crippen molar-refractivity contribution >= 4 is 5.97 Å². The monoisotopic (exact) mass is 933 g/mol. The third kappa shape index (κ3) is 61.1. The average molecular weight is 933 g/mol. The van der Waals surface area contributed by atoms with Gasteiger partial charge in [-0.1, -0.05) is 200 Å². The maximum Gasteiger partial charge on any atom is 0.305 e. The van der Waals surface area contributed by atoms with Gasteiger partial charge in [0.05, 0.1) is 112 Å². The van der Waals surface area contributed by atoms with Gasteiger partial charge in [-0.15, -0.1) is 0 Å². The summed E-state index contributed by atoms with van der Waals surface area (Å²) >= 11 is 0. The molecule has 0 aromatic rings. The van der Waals surface area contributed by atoms with Crippen LogP contribution in [0.5, 0.6) is 0 Å². The summed E-state index contributed by atoms with van der Waals surface area (Å²) < 4.78 is 55.3. The van der Waals surface area contributed by atoms with Gasteiger partial charge in [0, 0.05) is 13.0 Å². The van der Waals surface area contributed by atoms with Crippen LogP contribution in [0.4, 0.5) is 0 Å². The van der Waals surface area contributed by atoms with Gasteiger partial charge in [-0.3, -0.25) is 4.79 Å². The summed E-state index contributed by atoms with van der Waals surface area (Å²) in [5.41, 5.74) is 0. The largest absolute Gasteiger partial charge is 0.463 e. The van der Waals surface area contributed by atoms with E-state index >= 15 is 0 Å². The fraction of sp³-hybridized carbons (Fsp3) is 0.981. The first-order valence-corrected chi connectivity index (χ1v) is 27.7. The first-order chi connectivity index (χ1) is 32.3. The summed E-state index contributed by atoms with van der Waals surface area (Å²) in [5, 5.41) is 0. The second-order valence-electron chi connectivity index (χ2n) is 17.7. The predicted molar refractivity (Wildman–Crippen MR) is 267 cm³/mol. The van der Waals surface area contributed by atoms with Crippen molar-refractivity contribution in [2.24, 2.45) is 0 Å². The van der Waals surface area contributed by atoms with Crippen molar-refractivity contribution in [3.05, 3.63) is 0 Å². The van der Waals surface area contributed by atoms with Crippen LogP contribution in [-0.2, 0) is 52.2 Å². The number of unbranched alkanes of at least 4 members (excludes halogenated alkanes) is 29. The minimum atomic E-state index is -0.125. The van der Waals surface area contributed by atoms with E-state index in [0.717, 1.165) is 25.9 Å². The van der Waals surface area contributed by atoms with Crippen LogP contribution in [0, 0.1) is 0 Å². The molecule has 11 nitrogen and oxygen atoms in total. The van der Waals surface area contributed by atoms with E-state index in [0.29, 0.717) is 125 Å². The minimum Gasteiger partial charge on any atom is -0.463 e. The van der Waals surface area contributed by atoms with Crippen LogP contribution >= 0.6 is 0 Å². The van der Waals surface area contributed by atoms with Gasteiger partial charge >= 0.3 is 5.97 Å². The molecule has 65 heavy (non-hydrogen) atoms. The van der Waals surface area contributed by atoms with Crippen molar-refractivity contribution in [2.45, 2.75) is 219 Å². The molecule has 0 radical (unpaired) electrons. The molecular formula is C54H108O11. The van der Waals surface area contributed by atoms with Gasteiger partial charge in [0.15, 0.2) is 0 Å². The molecule has 11 heteroatoms. The van der Waals surface area contributed by atoms with E-state index in [1.54, 1.807) is 0 Å². The highest BCUT2D eigenvalue weighted by Gasteiger charge is 2.03. The lowest BCUT2D eigenvalue weighted by Gasteiger charge is -2.09.